The Bertz CT molecular complexity index is 857. The van der Waals surface area contributed by atoms with Crippen molar-refractivity contribution in [2.45, 2.75) is 32.4 Å². The van der Waals surface area contributed by atoms with Crippen LogP contribution in [0.25, 0.3) is 10.9 Å². The number of benzene rings is 1. The van der Waals surface area contributed by atoms with Crippen LogP contribution < -0.4 is 10.1 Å². The van der Waals surface area contributed by atoms with Crippen molar-refractivity contribution in [2.24, 2.45) is 0 Å². The fourth-order valence-electron chi connectivity index (χ4n) is 3.21. The van der Waals surface area contributed by atoms with E-state index in [2.05, 4.69) is 33.4 Å². The van der Waals surface area contributed by atoms with E-state index in [0.717, 1.165) is 53.1 Å². The summed E-state index contributed by atoms with van der Waals surface area (Å²) in [6.07, 6.45) is 5.53. The highest BCUT2D eigenvalue weighted by molar-refractivity contribution is 5.96. The molecule has 1 aliphatic rings. The van der Waals surface area contributed by atoms with Gasteiger partial charge in [-0.2, -0.15) is 5.10 Å². The molecule has 23 heavy (non-hydrogen) atoms. The van der Waals surface area contributed by atoms with E-state index in [9.17, 15) is 0 Å². The molecule has 1 atom stereocenters. The van der Waals surface area contributed by atoms with Gasteiger partial charge >= 0.3 is 0 Å². The predicted molar refractivity (Wildman–Crippen MR) is 88.8 cm³/mol. The first-order valence-electron chi connectivity index (χ1n) is 7.82. The molecule has 0 aliphatic carbocycles. The molecule has 1 aliphatic heterocycles. The highest BCUT2D eigenvalue weighted by atomic mass is 16.5. The van der Waals surface area contributed by atoms with Gasteiger partial charge < -0.3 is 10.1 Å². The van der Waals surface area contributed by atoms with Crippen molar-refractivity contribution in [3.8, 4) is 5.75 Å². The Labute approximate surface area is 134 Å². The van der Waals surface area contributed by atoms with Gasteiger partial charge in [-0.25, -0.2) is 9.67 Å². The molecular weight excluding hydrogens is 290 g/mol. The highest BCUT2D eigenvalue weighted by Gasteiger charge is 2.21. The van der Waals surface area contributed by atoms with Crippen molar-refractivity contribution < 1.29 is 4.74 Å². The first-order chi connectivity index (χ1) is 11.3. The fraction of sp³-hybridized carbons (Fsp3) is 0.353. The van der Waals surface area contributed by atoms with Gasteiger partial charge in [-0.05, 0) is 25.0 Å². The van der Waals surface area contributed by atoms with Gasteiger partial charge in [0.2, 0.25) is 0 Å². The molecule has 2 aromatic heterocycles. The monoisotopic (exact) mass is 309 g/mol. The maximum absolute atomic E-state index is 5.44. The van der Waals surface area contributed by atoms with Crippen LogP contribution in [0.15, 0.2) is 30.7 Å². The van der Waals surface area contributed by atoms with Gasteiger partial charge in [0.15, 0.2) is 0 Å². The Morgan fingerprint density at radius 3 is 3.09 bits per heavy atom. The lowest BCUT2D eigenvalue weighted by atomic mass is 10.0. The quantitative estimate of drug-likeness (QED) is 0.805. The fourth-order valence-corrected chi connectivity index (χ4v) is 3.21. The number of nitrogens with zero attached hydrogens (tertiary/aromatic N) is 4. The number of pyridine rings is 1. The molecule has 3 heterocycles. The molecule has 0 radical (unpaired) electrons. The molecule has 1 N–H and O–H groups in total. The number of fused-ring (bicyclic) bond motifs is 2. The van der Waals surface area contributed by atoms with Gasteiger partial charge in [0, 0.05) is 29.7 Å². The van der Waals surface area contributed by atoms with Crippen LogP contribution in [0.1, 0.15) is 17.8 Å². The Morgan fingerprint density at radius 2 is 2.22 bits per heavy atom. The minimum Gasteiger partial charge on any atom is -0.494 e. The Balaban J connectivity index is 1.70. The van der Waals surface area contributed by atoms with Gasteiger partial charge in [0.25, 0.3) is 0 Å². The van der Waals surface area contributed by atoms with E-state index in [1.54, 1.807) is 13.4 Å². The molecule has 6 heteroatoms. The van der Waals surface area contributed by atoms with Crippen LogP contribution in [-0.4, -0.2) is 32.9 Å². The van der Waals surface area contributed by atoms with E-state index in [4.69, 9.17) is 4.74 Å². The minimum atomic E-state index is 0.333. The largest absolute Gasteiger partial charge is 0.494 e. The second-order valence-corrected chi connectivity index (χ2v) is 5.91. The third-order valence-electron chi connectivity index (χ3n) is 4.42. The van der Waals surface area contributed by atoms with Crippen molar-refractivity contribution in [3.63, 3.8) is 0 Å². The second kappa shape index (κ2) is 5.53. The molecule has 0 spiro atoms. The number of hydrogen-bond acceptors (Lipinski definition) is 5. The molecule has 1 aromatic carbocycles. The summed E-state index contributed by atoms with van der Waals surface area (Å²) >= 11 is 0. The van der Waals surface area contributed by atoms with Crippen LogP contribution in [0.2, 0.25) is 0 Å². The predicted octanol–water partition coefficient (Wildman–Crippen LogP) is 2.57. The topological polar surface area (TPSA) is 64.9 Å². The lowest BCUT2D eigenvalue weighted by Gasteiger charge is -2.26. The highest BCUT2D eigenvalue weighted by Crippen LogP contribution is 2.32. The van der Waals surface area contributed by atoms with Crippen LogP contribution in [0.4, 0.5) is 5.69 Å². The lowest BCUT2D eigenvalue weighted by molar-refractivity contribution is 0.419. The van der Waals surface area contributed by atoms with Gasteiger partial charge in [-0.15, -0.1) is 0 Å². The number of methoxy groups -OCH3 is 1. The summed E-state index contributed by atoms with van der Waals surface area (Å²) in [7, 11) is 1.68. The van der Waals surface area contributed by atoms with Crippen LogP contribution in [0, 0.1) is 6.92 Å². The molecule has 3 aromatic rings. The number of aryl methyl sites for hydroxylation is 2. The minimum absolute atomic E-state index is 0.333. The summed E-state index contributed by atoms with van der Waals surface area (Å²) in [6, 6.07) is 6.37. The molecule has 4 rings (SSSR count). The summed E-state index contributed by atoms with van der Waals surface area (Å²) in [6.45, 7) is 2.92. The zero-order chi connectivity index (χ0) is 15.8. The molecule has 0 saturated carbocycles. The molecule has 0 saturated heterocycles. The van der Waals surface area contributed by atoms with Crippen molar-refractivity contribution in [2.75, 3.05) is 12.4 Å². The molecule has 0 amide bonds. The van der Waals surface area contributed by atoms with Crippen molar-refractivity contribution in [1.29, 1.82) is 0 Å². The number of ether oxygens (including phenoxy) is 1. The summed E-state index contributed by atoms with van der Waals surface area (Å²) in [5.74, 6) is 1.87. The summed E-state index contributed by atoms with van der Waals surface area (Å²) in [4.78, 5) is 8.83. The first-order valence-corrected chi connectivity index (χ1v) is 7.82. The third kappa shape index (κ3) is 2.40. The SMILES string of the molecule is COc1cccc2c(NC3CCc4ncnn4C3)c(C)cnc12. The van der Waals surface area contributed by atoms with E-state index in [1.807, 2.05) is 23.0 Å². The standard InChI is InChI=1S/C17H19N5O/c1-11-8-18-17-13(4-3-5-14(17)23-2)16(11)21-12-6-7-15-19-10-20-22(15)9-12/h3-5,8,10,12H,6-7,9H2,1-2H3,(H,18,21). The molecule has 0 bridgehead atoms. The van der Waals surface area contributed by atoms with Crippen molar-refractivity contribution in [1.82, 2.24) is 19.7 Å². The number of nitrogens with one attached hydrogen (secondary N) is 1. The summed E-state index contributed by atoms with van der Waals surface area (Å²) < 4.78 is 7.42. The number of rotatable bonds is 3. The third-order valence-corrected chi connectivity index (χ3v) is 4.42. The Kier molecular flexibility index (Phi) is 3.37. The average Bonchev–Trinajstić information content (AvgIpc) is 3.04. The zero-order valence-corrected chi connectivity index (χ0v) is 13.3. The normalized spacial score (nSPS) is 17.0. The van der Waals surface area contributed by atoms with Crippen LogP contribution in [-0.2, 0) is 13.0 Å². The maximum Gasteiger partial charge on any atom is 0.145 e. The zero-order valence-electron chi connectivity index (χ0n) is 13.3. The maximum atomic E-state index is 5.44. The average molecular weight is 309 g/mol. The van der Waals surface area contributed by atoms with E-state index in [0.29, 0.717) is 6.04 Å². The van der Waals surface area contributed by atoms with Crippen molar-refractivity contribution in [3.05, 3.63) is 42.1 Å². The summed E-state index contributed by atoms with van der Waals surface area (Å²) in [5.41, 5.74) is 3.15. The van der Waals surface area contributed by atoms with E-state index in [-0.39, 0.29) is 0 Å². The number of para-hydroxylation sites is 1. The van der Waals surface area contributed by atoms with Crippen molar-refractivity contribution >= 4 is 16.6 Å². The lowest BCUT2D eigenvalue weighted by Crippen LogP contribution is -2.32. The van der Waals surface area contributed by atoms with Gasteiger partial charge in [0.05, 0.1) is 13.7 Å². The van der Waals surface area contributed by atoms with E-state index in [1.165, 1.54) is 0 Å². The van der Waals surface area contributed by atoms with Gasteiger partial charge in [-0.3, -0.25) is 4.98 Å². The number of aromatic nitrogens is 4. The summed E-state index contributed by atoms with van der Waals surface area (Å²) in [5, 5.41) is 9.08. The van der Waals surface area contributed by atoms with E-state index < -0.39 is 0 Å². The molecular formula is C17H19N5O. The number of hydrogen-bond donors (Lipinski definition) is 1. The smallest absolute Gasteiger partial charge is 0.145 e. The van der Waals surface area contributed by atoms with Crippen LogP contribution >= 0.6 is 0 Å². The Hall–Kier alpha value is -2.63. The first kappa shape index (κ1) is 14.0. The van der Waals surface area contributed by atoms with Gasteiger partial charge in [0.1, 0.15) is 23.4 Å². The molecule has 0 fully saturated rings. The van der Waals surface area contributed by atoms with Crippen LogP contribution in [0.3, 0.4) is 0 Å². The van der Waals surface area contributed by atoms with Crippen LogP contribution in [0.5, 0.6) is 5.75 Å². The van der Waals surface area contributed by atoms with Gasteiger partial charge in [-0.1, -0.05) is 12.1 Å². The molecule has 118 valence electrons. The number of anilines is 1. The second-order valence-electron chi connectivity index (χ2n) is 5.91. The molecule has 1 unspecified atom stereocenters. The molecule has 6 nitrogen and oxygen atoms in total. The Morgan fingerprint density at radius 1 is 1.30 bits per heavy atom. The van der Waals surface area contributed by atoms with E-state index >= 15 is 0 Å².